The fourth-order valence-electron chi connectivity index (χ4n) is 2.08. The van der Waals surface area contributed by atoms with Crippen LogP contribution in [0.2, 0.25) is 19.6 Å². The van der Waals surface area contributed by atoms with Crippen molar-refractivity contribution in [3.05, 3.63) is 41.2 Å². The molecule has 0 fully saturated rings. The predicted octanol–water partition coefficient (Wildman–Crippen LogP) is 1.36. The minimum atomic E-state index is -1.67. The molecule has 90 valence electrons. The Labute approximate surface area is 102 Å². The molecule has 0 aliphatic heterocycles. The van der Waals surface area contributed by atoms with Gasteiger partial charge in [0.2, 0.25) is 0 Å². The molecule has 1 aromatic heterocycles. The van der Waals surface area contributed by atoms with Crippen LogP contribution in [-0.2, 0) is 0 Å². The second-order valence-electron chi connectivity index (χ2n) is 5.19. The molecule has 2 rings (SSSR count). The van der Waals surface area contributed by atoms with Gasteiger partial charge in [0.1, 0.15) is 8.07 Å². The third-order valence-corrected chi connectivity index (χ3v) is 4.71. The fourth-order valence-corrected chi connectivity index (χ4v) is 3.89. The summed E-state index contributed by atoms with van der Waals surface area (Å²) in [4.78, 5) is 0.786. The number of hydrogen-bond acceptors (Lipinski definition) is 2. The van der Waals surface area contributed by atoms with Crippen LogP contribution in [0.1, 0.15) is 5.69 Å². The standard InChI is InChI=1S/C12H17N3OSi/c1-10-12(17(2,3)4)15(16)13-14(10)11-8-6-5-7-9-11/h5-9H,1-4H3. The van der Waals surface area contributed by atoms with Crippen molar-refractivity contribution in [2.24, 2.45) is 0 Å². The Morgan fingerprint density at radius 2 is 1.76 bits per heavy atom. The molecule has 0 amide bonds. The van der Waals surface area contributed by atoms with E-state index in [1.54, 1.807) is 4.68 Å². The Morgan fingerprint density at radius 3 is 2.24 bits per heavy atom. The molecule has 1 aromatic carbocycles. The van der Waals surface area contributed by atoms with E-state index >= 15 is 0 Å². The first-order valence-electron chi connectivity index (χ1n) is 5.66. The smallest absolute Gasteiger partial charge is 0.169 e. The Bertz CT molecular complexity index is 529. The van der Waals surface area contributed by atoms with Gasteiger partial charge in [-0.25, -0.2) is 0 Å². The molecule has 0 atom stereocenters. The minimum absolute atomic E-state index is 0.786. The summed E-state index contributed by atoms with van der Waals surface area (Å²) in [6, 6.07) is 9.74. The first-order chi connectivity index (χ1) is 7.91. The predicted molar refractivity (Wildman–Crippen MR) is 70.2 cm³/mol. The molecule has 2 aromatic rings. The zero-order valence-corrected chi connectivity index (χ0v) is 11.6. The third kappa shape index (κ3) is 2.10. The van der Waals surface area contributed by atoms with E-state index in [4.69, 9.17) is 0 Å². The average Bonchev–Trinajstić information content (AvgIpc) is 2.54. The lowest BCUT2D eigenvalue weighted by Crippen LogP contribution is -2.58. The van der Waals surface area contributed by atoms with E-state index < -0.39 is 8.07 Å². The van der Waals surface area contributed by atoms with Gasteiger partial charge in [-0.05, 0) is 12.1 Å². The van der Waals surface area contributed by atoms with E-state index in [0.717, 1.165) is 21.5 Å². The normalized spacial score (nSPS) is 11.8. The molecule has 0 aliphatic carbocycles. The molecule has 0 aliphatic rings. The molecule has 0 radical (unpaired) electrons. The molecule has 0 bridgehead atoms. The molecule has 0 spiro atoms. The maximum absolute atomic E-state index is 11.9. The van der Waals surface area contributed by atoms with Crippen molar-refractivity contribution in [2.45, 2.75) is 26.6 Å². The van der Waals surface area contributed by atoms with Gasteiger partial charge in [0.15, 0.2) is 16.7 Å². The van der Waals surface area contributed by atoms with Crippen molar-refractivity contribution < 1.29 is 4.85 Å². The first kappa shape index (κ1) is 11.9. The topological polar surface area (TPSA) is 44.8 Å². The highest BCUT2D eigenvalue weighted by Gasteiger charge is 2.31. The summed E-state index contributed by atoms with van der Waals surface area (Å²) in [7, 11) is -1.67. The highest BCUT2D eigenvalue weighted by molar-refractivity contribution is 6.87. The number of rotatable bonds is 2. The van der Waals surface area contributed by atoms with Gasteiger partial charge in [0.25, 0.3) is 0 Å². The van der Waals surface area contributed by atoms with Crippen LogP contribution < -0.4 is 10.2 Å². The van der Waals surface area contributed by atoms with Crippen LogP contribution in [0, 0.1) is 12.1 Å². The van der Waals surface area contributed by atoms with Crippen LogP contribution >= 0.6 is 0 Å². The largest absolute Gasteiger partial charge is 0.691 e. The van der Waals surface area contributed by atoms with Crippen LogP contribution in [-0.4, -0.2) is 18.0 Å². The number of hydrogen-bond donors (Lipinski definition) is 0. The lowest BCUT2D eigenvalue weighted by Gasteiger charge is -2.13. The number of aromatic nitrogens is 3. The highest BCUT2D eigenvalue weighted by Crippen LogP contribution is 2.09. The van der Waals surface area contributed by atoms with Crippen molar-refractivity contribution >= 4 is 13.4 Å². The maximum Gasteiger partial charge on any atom is 0.169 e. The van der Waals surface area contributed by atoms with Crippen molar-refractivity contribution in [3.63, 3.8) is 0 Å². The lowest BCUT2D eigenvalue weighted by molar-refractivity contribution is -0.654. The van der Waals surface area contributed by atoms with Crippen LogP contribution in [0.3, 0.4) is 0 Å². The highest BCUT2D eigenvalue weighted by atomic mass is 28.3. The van der Waals surface area contributed by atoms with E-state index in [2.05, 4.69) is 24.9 Å². The molecule has 1 heterocycles. The van der Waals surface area contributed by atoms with Crippen LogP contribution in [0.15, 0.2) is 30.3 Å². The van der Waals surface area contributed by atoms with Gasteiger partial charge in [0.05, 0.1) is 5.21 Å². The summed E-state index contributed by atoms with van der Waals surface area (Å²) in [6.45, 7) is 8.42. The van der Waals surface area contributed by atoms with Crippen LogP contribution in [0.4, 0.5) is 0 Å². The van der Waals surface area contributed by atoms with Gasteiger partial charge in [-0.1, -0.05) is 42.5 Å². The van der Waals surface area contributed by atoms with E-state index in [1.807, 2.05) is 37.3 Å². The summed E-state index contributed by atoms with van der Waals surface area (Å²) in [6.07, 6.45) is 0. The molecular formula is C12H17N3OSi. The van der Waals surface area contributed by atoms with Gasteiger partial charge in [0, 0.05) is 6.92 Å². The van der Waals surface area contributed by atoms with Gasteiger partial charge in [-0.15, -0.1) is 4.85 Å². The molecule has 4 nitrogen and oxygen atoms in total. The second kappa shape index (κ2) is 3.99. The zero-order valence-electron chi connectivity index (χ0n) is 10.6. The van der Waals surface area contributed by atoms with Crippen molar-refractivity contribution in [3.8, 4) is 5.69 Å². The Kier molecular flexibility index (Phi) is 2.78. The lowest BCUT2D eigenvalue weighted by atomic mass is 10.3. The summed E-state index contributed by atoms with van der Waals surface area (Å²) in [5, 5.41) is 16.8. The summed E-state index contributed by atoms with van der Waals surface area (Å²) >= 11 is 0. The van der Waals surface area contributed by atoms with Crippen molar-refractivity contribution in [1.82, 2.24) is 9.90 Å². The molecular weight excluding hydrogens is 230 g/mol. The van der Waals surface area contributed by atoms with E-state index in [1.165, 1.54) is 0 Å². The van der Waals surface area contributed by atoms with Gasteiger partial charge in [-0.2, -0.15) is 0 Å². The number of nitrogens with zero attached hydrogens (tertiary/aromatic N) is 3. The minimum Gasteiger partial charge on any atom is -0.691 e. The van der Waals surface area contributed by atoms with Crippen molar-refractivity contribution in [1.29, 1.82) is 0 Å². The summed E-state index contributed by atoms with van der Waals surface area (Å²) in [5.74, 6) is 0. The van der Waals surface area contributed by atoms with Crippen LogP contribution in [0.25, 0.3) is 5.69 Å². The second-order valence-corrected chi connectivity index (χ2v) is 10.2. The van der Waals surface area contributed by atoms with Crippen LogP contribution in [0.5, 0.6) is 0 Å². The molecule has 5 heteroatoms. The molecule has 0 unspecified atom stereocenters. The van der Waals surface area contributed by atoms with E-state index in [0.29, 0.717) is 0 Å². The Hall–Kier alpha value is -1.62. The average molecular weight is 247 g/mol. The fraction of sp³-hybridized carbons (Fsp3) is 0.333. The van der Waals surface area contributed by atoms with Gasteiger partial charge < -0.3 is 5.21 Å². The van der Waals surface area contributed by atoms with Gasteiger partial charge in [-0.3, -0.25) is 0 Å². The Morgan fingerprint density at radius 1 is 1.18 bits per heavy atom. The zero-order chi connectivity index (χ0) is 12.6. The molecule has 0 saturated carbocycles. The summed E-state index contributed by atoms with van der Waals surface area (Å²) < 4.78 is 1.72. The Balaban J connectivity index is 2.60. The summed E-state index contributed by atoms with van der Waals surface area (Å²) in [5.41, 5.74) is 1.88. The number of benzene rings is 1. The maximum atomic E-state index is 11.9. The monoisotopic (exact) mass is 247 g/mol. The van der Waals surface area contributed by atoms with E-state index in [-0.39, 0.29) is 0 Å². The van der Waals surface area contributed by atoms with E-state index in [9.17, 15) is 5.21 Å². The first-order valence-corrected chi connectivity index (χ1v) is 9.16. The third-order valence-electron chi connectivity index (χ3n) is 2.73. The van der Waals surface area contributed by atoms with Crippen molar-refractivity contribution in [2.75, 3.05) is 0 Å². The molecule has 0 N–H and O–H groups in total. The molecule has 17 heavy (non-hydrogen) atoms. The quantitative estimate of drug-likeness (QED) is 0.457. The number of para-hydroxylation sites is 1. The van der Waals surface area contributed by atoms with Gasteiger partial charge >= 0.3 is 0 Å². The molecule has 0 saturated heterocycles. The SMILES string of the molecule is Cc1c([Si](C)(C)C)[n+]([O-])nn1-c1ccccc1.